The molecule has 29 heavy (non-hydrogen) atoms. The summed E-state index contributed by atoms with van der Waals surface area (Å²) in [4.78, 5) is 17.0. The zero-order valence-corrected chi connectivity index (χ0v) is 16.8. The fourth-order valence-corrected chi connectivity index (χ4v) is 4.26. The van der Waals surface area contributed by atoms with Crippen LogP contribution in [0.2, 0.25) is 0 Å². The predicted molar refractivity (Wildman–Crippen MR) is 106 cm³/mol. The number of rotatable bonds is 4. The lowest BCUT2D eigenvalue weighted by Gasteiger charge is -2.28. The van der Waals surface area contributed by atoms with E-state index in [2.05, 4.69) is 20.6 Å². The molecule has 4 rings (SSSR count). The molecule has 2 heterocycles. The summed E-state index contributed by atoms with van der Waals surface area (Å²) >= 11 is 0. The van der Waals surface area contributed by atoms with Crippen molar-refractivity contribution in [1.29, 1.82) is 0 Å². The zero-order valence-electron chi connectivity index (χ0n) is 16.8. The Kier molecular flexibility index (Phi) is 5.60. The van der Waals surface area contributed by atoms with Crippen molar-refractivity contribution in [2.45, 2.75) is 52.0 Å². The number of aryl methyl sites for hydroxylation is 1. The molecule has 0 unspecified atom stereocenters. The van der Waals surface area contributed by atoms with Crippen LogP contribution < -0.4 is 5.32 Å². The van der Waals surface area contributed by atoms with E-state index in [9.17, 15) is 9.18 Å². The number of carbonyl (C=O) groups excluding carboxylic acids is 1. The van der Waals surface area contributed by atoms with Crippen molar-refractivity contribution in [3.05, 3.63) is 47.4 Å². The third kappa shape index (κ3) is 4.31. The van der Waals surface area contributed by atoms with E-state index in [4.69, 9.17) is 4.52 Å². The van der Waals surface area contributed by atoms with Crippen molar-refractivity contribution in [1.82, 2.24) is 20.5 Å². The summed E-state index contributed by atoms with van der Waals surface area (Å²) in [5.41, 5.74) is 1.74. The normalized spacial score (nSPS) is 21.1. The molecule has 0 bridgehead atoms. The van der Waals surface area contributed by atoms with Crippen LogP contribution in [0.15, 0.2) is 33.9 Å². The van der Waals surface area contributed by atoms with E-state index in [1.54, 1.807) is 26.0 Å². The van der Waals surface area contributed by atoms with E-state index in [1.165, 1.54) is 36.4 Å². The number of hydrazone groups is 1. The number of halogens is 1. The summed E-state index contributed by atoms with van der Waals surface area (Å²) in [5, 5.41) is 12.8. The highest BCUT2D eigenvalue weighted by atomic mass is 19.1. The van der Waals surface area contributed by atoms with Gasteiger partial charge in [-0.25, -0.2) is 14.2 Å². The highest BCUT2D eigenvalue weighted by Gasteiger charge is 2.37. The van der Waals surface area contributed by atoms with Crippen molar-refractivity contribution < 1.29 is 13.7 Å². The van der Waals surface area contributed by atoms with Crippen LogP contribution in [0, 0.1) is 24.6 Å². The summed E-state index contributed by atoms with van der Waals surface area (Å²) in [6.07, 6.45) is 5.95. The quantitative estimate of drug-likeness (QED) is 0.835. The molecule has 0 saturated heterocycles. The molecular formula is C21H26FN5O2. The van der Waals surface area contributed by atoms with Gasteiger partial charge in [-0.1, -0.05) is 36.6 Å². The minimum atomic E-state index is -0.415. The van der Waals surface area contributed by atoms with E-state index in [0.717, 1.165) is 24.1 Å². The molecule has 0 spiro atoms. The maximum atomic E-state index is 13.4. The SMILES string of the molecule is Cc1noc([C@@H](C)NC(=O)N2C[C@@H](C3CCCCC3)C(c3ccc(F)cc3)=N2)n1. The summed E-state index contributed by atoms with van der Waals surface area (Å²) in [6.45, 7) is 4.05. The van der Waals surface area contributed by atoms with Crippen molar-refractivity contribution >= 4 is 11.7 Å². The van der Waals surface area contributed by atoms with Crippen LogP contribution in [0.3, 0.4) is 0 Å². The Morgan fingerprint density at radius 3 is 2.62 bits per heavy atom. The fraction of sp³-hybridized carbons (Fsp3) is 0.524. The molecule has 1 aliphatic carbocycles. The number of carbonyl (C=O) groups is 1. The molecule has 0 radical (unpaired) electrons. The van der Waals surface area contributed by atoms with Crippen molar-refractivity contribution in [3.8, 4) is 0 Å². The first kappa shape index (κ1) is 19.5. The molecule has 7 nitrogen and oxygen atoms in total. The molecule has 1 aliphatic heterocycles. The van der Waals surface area contributed by atoms with Gasteiger partial charge in [-0.15, -0.1) is 0 Å². The molecule has 1 aromatic carbocycles. The molecule has 1 N–H and O–H groups in total. The van der Waals surface area contributed by atoms with Crippen LogP contribution in [-0.2, 0) is 0 Å². The molecular weight excluding hydrogens is 373 g/mol. The number of benzene rings is 1. The van der Waals surface area contributed by atoms with Crippen LogP contribution in [0.1, 0.15) is 62.3 Å². The van der Waals surface area contributed by atoms with Gasteiger partial charge in [0.15, 0.2) is 5.82 Å². The average molecular weight is 399 g/mol. The maximum absolute atomic E-state index is 13.4. The summed E-state index contributed by atoms with van der Waals surface area (Å²) in [6, 6.07) is 5.66. The van der Waals surface area contributed by atoms with Gasteiger partial charge in [0.25, 0.3) is 0 Å². The second-order valence-corrected chi connectivity index (χ2v) is 7.93. The zero-order chi connectivity index (χ0) is 20.4. The summed E-state index contributed by atoms with van der Waals surface area (Å²) in [7, 11) is 0. The fourth-order valence-electron chi connectivity index (χ4n) is 4.26. The Balaban J connectivity index is 1.53. The Bertz CT molecular complexity index is 889. The summed E-state index contributed by atoms with van der Waals surface area (Å²) in [5.74, 6) is 1.26. The Hall–Kier alpha value is -2.77. The van der Waals surface area contributed by atoms with Gasteiger partial charge in [-0.2, -0.15) is 10.1 Å². The molecule has 8 heteroatoms. The number of urea groups is 1. The lowest BCUT2D eigenvalue weighted by Crippen LogP contribution is -2.39. The Morgan fingerprint density at radius 1 is 1.24 bits per heavy atom. The number of aromatic nitrogens is 2. The van der Waals surface area contributed by atoms with Gasteiger partial charge in [0.05, 0.1) is 12.3 Å². The molecule has 2 aromatic rings. The molecule has 2 atom stereocenters. The number of amides is 2. The predicted octanol–water partition coefficient (Wildman–Crippen LogP) is 4.20. The van der Waals surface area contributed by atoms with Crippen molar-refractivity contribution in [3.63, 3.8) is 0 Å². The van der Waals surface area contributed by atoms with Crippen LogP contribution in [0.5, 0.6) is 0 Å². The maximum Gasteiger partial charge on any atom is 0.338 e. The van der Waals surface area contributed by atoms with Gasteiger partial charge >= 0.3 is 6.03 Å². The second kappa shape index (κ2) is 8.31. The van der Waals surface area contributed by atoms with Crippen LogP contribution >= 0.6 is 0 Å². The van der Waals surface area contributed by atoms with Crippen LogP contribution in [-0.4, -0.2) is 33.4 Å². The van der Waals surface area contributed by atoms with Gasteiger partial charge in [0.1, 0.15) is 11.9 Å². The van der Waals surface area contributed by atoms with Gasteiger partial charge in [-0.3, -0.25) is 0 Å². The minimum absolute atomic E-state index is 0.160. The van der Waals surface area contributed by atoms with E-state index >= 15 is 0 Å². The lowest BCUT2D eigenvalue weighted by molar-refractivity contribution is 0.187. The first-order chi connectivity index (χ1) is 14.0. The van der Waals surface area contributed by atoms with E-state index < -0.39 is 6.04 Å². The Labute approximate surface area is 169 Å². The van der Waals surface area contributed by atoms with E-state index in [1.807, 2.05) is 0 Å². The number of nitrogens with zero attached hydrogens (tertiary/aromatic N) is 4. The number of hydrogen-bond acceptors (Lipinski definition) is 5. The highest BCUT2D eigenvalue weighted by Crippen LogP contribution is 2.35. The monoisotopic (exact) mass is 399 g/mol. The topological polar surface area (TPSA) is 83.6 Å². The number of hydrogen-bond donors (Lipinski definition) is 1. The van der Waals surface area contributed by atoms with Crippen molar-refractivity contribution in [2.24, 2.45) is 16.9 Å². The smallest absolute Gasteiger partial charge is 0.337 e. The first-order valence-electron chi connectivity index (χ1n) is 10.2. The van der Waals surface area contributed by atoms with Gasteiger partial charge in [0, 0.05) is 5.92 Å². The first-order valence-corrected chi connectivity index (χ1v) is 10.2. The largest absolute Gasteiger partial charge is 0.338 e. The summed E-state index contributed by atoms with van der Waals surface area (Å²) < 4.78 is 18.5. The third-order valence-corrected chi connectivity index (χ3v) is 5.80. The molecule has 154 valence electrons. The van der Waals surface area contributed by atoms with Gasteiger partial charge in [0.2, 0.25) is 5.89 Å². The Morgan fingerprint density at radius 2 is 1.97 bits per heavy atom. The molecule has 1 fully saturated rings. The standard InChI is InChI=1S/C21H26FN5O2/c1-13(20-24-14(2)26-29-20)23-21(28)27-12-18(15-6-4-3-5-7-15)19(25-27)16-8-10-17(22)11-9-16/h8-11,13,15,18H,3-7,12H2,1-2H3,(H,23,28)/t13-,18+/m1/s1. The number of nitrogens with one attached hydrogen (secondary N) is 1. The second-order valence-electron chi connectivity index (χ2n) is 7.93. The highest BCUT2D eigenvalue weighted by molar-refractivity contribution is 6.04. The molecule has 2 aliphatic rings. The third-order valence-electron chi connectivity index (χ3n) is 5.80. The lowest BCUT2D eigenvalue weighted by atomic mass is 9.77. The van der Waals surface area contributed by atoms with E-state index in [-0.39, 0.29) is 17.8 Å². The van der Waals surface area contributed by atoms with Gasteiger partial charge in [-0.05, 0) is 50.3 Å². The molecule has 1 saturated carbocycles. The van der Waals surface area contributed by atoms with E-state index in [0.29, 0.717) is 24.2 Å². The van der Waals surface area contributed by atoms with Crippen LogP contribution in [0.4, 0.5) is 9.18 Å². The molecule has 2 amide bonds. The average Bonchev–Trinajstić information content (AvgIpc) is 3.36. The molecule has 1 aromatic heterocycles. The van der Waals surface area contributed by atoms with Crippen molar-refractivity contribution in [2.75, 3.05) is 6.54 Å². The minimum Gasteiger partial charge on any atom is -0.337 e. The van der Waals surface area contributed by atoms with Crippen LogP contribution in [0.25, 0.3) is 0 Å². The van der Waals surface area contributed by atoms with Gasteiger partial charge < -0.3 is 9.84 Å².